The molecule has 1 N–H and O–H groups in total. The van der Waals surface area contributed by atoms with E-state index in [1.807, 2.05) is 4.90 Å². The molecule has 0 unspecified atom stereocenters. The van der Waals surface area contributed by atoms with E-state index in [9.17, 15) is 13.2 Å². The number of H-pyrrole nitrogens is 1. The molecule has 2 rings (SSSR count). The molecule has 16 heavy (non-hydrogen) atoms. The standard InChI is InChI=1S/C10H14F3N3/c11-10(12,13)8-1-5-16(6-2-8)7-9-14-3-4-15-9/h3-4,8H,1-2,5-7H2,(H,14,15). The predicted octanol–water partition coefficient (Wildman–Crippen LogP) is 2.18. The minimum atomic E-state index is -4.03. The highest BCUT2D eigenvalue weighted by Gasteiger charge is 2.40. The molecular weight excluding hydrogens is 219 g/mol. The first-order valence-corrected chi connectivity index (χ1v) is 5.33. The van der Waals surface area contributed by atoms with Crippen LogP contribution in [0.4, 0.5) is 13.2 Å². The fraction of sp³-hybridized carbons (Fsp3) is 0.700. The molecule has 0 spiro atoms. The van der Waals surface area contributed by atoms with Crippen molar-refractivity contribution in [3.63, 3.8) is 0 Å². The summed E-state index contributed by atoms with van der Waals surface area (Å²) in [6, 6.07) is 0. The second-order valence-electron chi connectivity index (χ2n) is 4.13. The number of rotatable bonds is 2. The molecule has 90 valence electrons. The van der Waals surface area contributed by atoms with Crippen molar-refractivity contribution in [1.29, 1.82) is 0 Å². The van der Waals surface area contributed by atoms with Gasteiger partial charge in [-0.1, -0.05) is 0 Å². The summed E-state index contributed by atoms with van der Waals surface area (Å²) >= 11 is 0. The number of nitrogens with zero attached hydrogens (tertiary/aromatic N) is 2. The van der Waals surface area contributed by atoms with Gasteiger partial charge in [0.15, 0.2) is 0 Å². The summed E-state index contributed by atoms with van der Waals surface area (Å²) in [5.41, 5.74) is 0. The van der Waals surface area contributed by atoms with E-state index in [1.165, 1.54) is 0 Å². The van der Waals surface area contributed by atoms with E-state index in [2.05, 4.69) is 9.97 Å². The molecule has 0 aliphatic carbocycles. The maximum absolute atomic E-state index is 12.4. The van der Waals surface area contributed by atoms with Gasteiger partial charge in [0.2, 0.25) is 0 Å². The molecule has 0 amide bonds. The molecule has 2 heterocycles. The monoisotopic (exact) mass is 233 g/mol. The fourth-order valence-corrected chi connectivity index (χ4v) is 2.01. The normalized spacial score (nSPS) is 20.2. The average molecular weight is 233 g/mol. The van der Waals surface area contributed by atoms with Crippen molar-refractivity contribution in [2.75, 3.05) is 13.1 Å². The maximum atomic E-state index is 12.4. The molecule has 0 atom stereocenters. The molecule has 6 heteroatoms. The Labute approximate surface area is 91.7 Å². The van der Waals surface area contributed by atoms with Gasteiger partial charge in [0.25, 0.3) is 0 Å². The van der Waals surface area contributed by atoms with Gasteiger partial charge in [0.1, 0.15) is 5.82 Å². The highest BCUT2D eigenvalue weighted by molar-refractivity contribution is 4.88. The SMILES string of the molecule is FC(F)(F)C1CCN(Cc2ncc[nH]2)CC1. The van der Waals surface area contributed by atoms with E-state index in [1.54, 1.807) is 12.4 Å². The summed E-state index contributed by atoms with van der Waals surface area (Å²) in [4.78, 5) is 9.01. The lowest BCUT2D eigenvalue weighted by molar-refractivity contribution is -0.185. The Morgan fingerprint density at radius 2 is 2.06 bits per heavy atom. The number of hydrogen-bond donors (Lipinski definition) is 1. The van der Waals surface area contributed by atoms with Crippen molar-refractivity contribution in [3.05, 3.63) is 18.2 Å². The lowest BCUT2D eigenvalue weighted by atomic mass is 9.96. The van der Waals surface area contributed by atoms with Gasteiger partial charge in [-0.3, -0.25) is 4.90 Å². The number of imidazole rings is 1. The first-order valence-electron chi connectivity index (χ1n) is 5.33. The van der Waals surface area contributed by atoms with E-state index in [0.29, 0.717) is 19.6 Å². The predicted molar refractivity (Wildman–Crippen MR) is 52.6 cm³/mol. The van der Waals surface area contributed by atoms with Gasteiger partial charge in [-0.05, 0) is 25.9 Å². The van der Waals surface area contributed by atoms with Gasteiger partial charge in [-0.2, -0.15) is 13.2 Å². The molecule has 0 bridgehead atoms. The van der Waals surface area contributed by atoms with Crippen LogP contribution in [-0.2, 0) is 6.54 Å². The second kappa shape index (κ2) is 4.45. The Bertz CT molecular complexity index is 313. The quantitative estimate of drug-likeness (QED) is 0.849. The molecule has 1 aliphatic rings. The third-order valence-electron chi connectivity index (χ3n) is 2.98. The van der Waals surface area contributed by atoms with Crippen LogP contribution in [0.15, 0.2) is 12.4 Å². The zero-order valence-corrected chi connectivity index (χ0v) is 8.80. The molecule has 0 radical (unpaired) electrons. The minimum Gasteiger partial charge on any atom is -0.348 e. The average Bonchev–Trinajstić information content (AvgIpc) is 2.70. The molecule has 1 saturated heterocycles. The maximum Gasteiger partial charge on any atom is 0.391 e. The molecule has 3 nitrogen and oxygen atoms in total. The number of nitrogens with one attached hydrogen (secondary N) is 1. The van der Waals surface area contributed by atoms with Crippen LogP contribution in [0.2, 0.25) is 0 Å². The first-order chi connectivity index (χ1) is 7.55. The molecule has 0 saturated carbocycles. The number of aromatic nitrogens is 2. The highest BCUT2D eigenvalue weighted by atomic mass is 19.4. The molecule has 1 aliphatic heterocycles. The minimum absolute atomic E-state index is 0.199. The topological polar surface area (TPSA) is 31.9 Å². The van der Waals surface area contributed by atoms with Crippen molar-refractivity contribution in [1.82, 2.24) is 14.9 Å². The zero-order chi connectivity index (χ0) is 11.6. The summed E-state index contributed by atoms with van der Waals surface area (Å²) < 4.78 is 37.2. The number of aromatic amines is 1. The fourth-order valence-electron chi connectivity index (χ4n) is 2.01. The van der Waals surface area contributed by atoms with E-state index in [0.717, 1.165) is 5.82 Å². The Kier molecular flexibility index (Phi) is 3.18. The summed E-state index contributed by atoms with van der Waals surface area (Å²) in [6.45, 7) is 1.59. The number of piperidine rings is 1. The van der Waals surface area contributed by atoms with Gasteiger partial charge in [0, 0.05) is 12.4 Å². The molecule has 1 aromatic heterocycles. The Balaban J connectivity index is 1.82. The number of halogens is 3. The van der Waals surface area contributed by atoms with Crippen LogP contribution in [0.1, 0.15) is 18.7 Å². The van der Waals surface area contributed by atoms with Crippen LogP contribution in [0.5, 0.6) is 0 Å². The largest absolute Gasteiger partial charge is 0.391 e. The van der Waals surface area contributed by atoms with E-state index < -0.39 is 12.1 Å². The van der Waals surface area contributed by atoms with Crippen LogP contribution >= 0.6 is 0 Å². The Morgan fingerprint density at radius 3 is 2.56 bits per heavy atom. The third-order valence-corrected chi connectivity index (χ3v) is 2.98. The van der Waals surface area contributed by atoms with Crippen molar-refractivity contribution < 1.29 is 13.2 Å². The first kappa shape index (κ1) is 11.4. The number of likely N-dealkylation sites (tertiary alicyclic amines) is 1. The van der Waals surface area contributed by atoms with Crippen molar-refractivity contribution in [2.24, 2.45) is 5.92 Å². The van der Waals surface area contributed by atoms with Crippen molar-refractivity contribution in [2.45, 2.75) is 25.6 Å². The zero-order valence-electron chi connectivity index (χ0n) is 8.80. The van der Waals surface area contributed by atoms with Gasteiger partial charge in [-0.15, -0.1) is 0 Å². The summed E-state index contributed by atoms with van der Waals surface area (Å²) in [7, 11) is 0. The van der Waals surface area contributed by atoms with Gasteiger partial charge < -0.3 is 4.98 Å². The van der Waals surface area contributed by atoms with Crippen molar-refractivity contribution in [3.8, 4) is 0 Å². The number of hydrogen-bond acceptors (Lipinski definition) is 2. The van der Waals surface area contributed by atoms with Gasteiger partial charge in [-0.25, -0.2) is 4.98 Å². The molecule has 1 aromatic rings. The van der Waals surface area contributed by atoms with Gasteiger partial charge >= 0.3 is 6.18 Å². The molecule has 1 fully saturated rings. The third kappa shape index (κ3) is 2.75. The number of alkyl halides is 3. The highest BCUT2D eigenvalue weighted by Crippen LogP contribution is 2.34. The van der Waals surface area contributed by atoms with Crippen LogP contribution in [-0.4, -0.2) is 34.1 Å². The summed E-state index contributed by atoms with van der Waals surface area (Å²) in [5.74, 6) is -0.314. The van der Waals surface area contributed by atoms with E-state index in [-0.39, 0.29) is 12.8 Å². The lowest BCUT2D eigenvalue weighted by Crippen LogP contribution is -2.38. The lowest BCUT2D eigenvalue weighted by Gasteiger charge is -2.32. The van der Waals surface area contributed by atoms with E-state index >= 15 is 0 Å². The summed E-state index contributed by atoms with van der Waals surface area (Å²) in [5, 5.41) is 0. The smallest absolute Gasteiger partial charge is 0.348 e. The Hall–Kier alpha value is -1.04. The van der Waals surface area contributed by atoms with E-state index in [4.69, 9.17) is 0 Å². The Morgan fingerprint density at radius 1 is 1.38 bits per heavy atom. The van der Waals surface area contributed by atoms with Crippen LogP contribution in [0.25, 0.3) is 0 Å². The van der Waals surface area contributed by atoms with Crippen LogP contribution < -0.4 is 0 Å². The van der Waals surface area contributed by atoms with Crippen LogP contribution in [0, 0.1) is 5.92 Å². The molecular formula is C10H14F3N3. The second-order valence-corrected chi connectivity index (χ2v) is 4.13. The van der Waals surface area contributed by atoms with Crippen LogP contribution in [0.3, 0.4) is 0 Å². The van der Waals surface area contributed by atoms with Crippen molar-refractivity contribution >= 4 is 0 Å². The molecule has 0 aromatic carbocycles. The summed E-state index contributed by atoms with van der Waals surface area (Å²) in [6.07, 6.45) is -0.263. The van der Waals surface area contributed by atoms with Gasteiger partial charge in [0.05, 0.1) is 12.5 Å².